The van der Waals surface area contributed by atoms with Crippen molar-refractivity contribution in [3.63, 3.8) is 0 Å². The van der Waals surface area contributed by atoms with Gasteiger partial charge in [0.05, 0.1) is 10.6 Å². The molecule has 144 valence electrons. The molecule has 8 heteroatoms. The lowest BCUT2D eigenvalue weighted by atomic mass is 10.3. The minimum absolute atomic E-state index is 0.0424. The first kappa shape index (κ1) is 18.4. The zero-order valence-corrected chi connectivity index (χ0v) is 16.4. The normalized spacial score (nSPS) is 14.8. The van der Waals surface area contributed by atoms with Crippen LogP contribution in [0.1, 0.15) is 24.0 Å². The van der Waals surface area contributed by atoms with Gasteiger partial charge in [0.2, 0.25) is 11.7 Å². The van der Waals surface area contributed by atoms with Crippen LogP contribution in [0.4, 0.5) is 0 Å². The van der Waals surface area contributed by atoms with Crippen molar-refractivity contribution in [3.05, 3.63) is 53.7 Å². The largest absolute Gasteiger partial charge is 0.341 e. The maximum Gasteiger partial charge on any atom is 0.293 e. The summed E-state index contributed by atoms with van der Waals surface area (Å²) in [4.78, 5) is 33.8. The summed E-state index contributed by atoms with van der Waals surface area (Å²) in [5.74, 6) is 0.687. The van der Waals surface area contributed by atoms with Crippen molar-refractivity contribution in [2.24, 2.45) is 0 Å². The molecule has 0 atom stereocenters. The number of thiophene rings is 1. The average Bonchev–Trinajstić information content (AvgIpc) is 3.32. The highest BCUT2D eigenvalue weighted by molar-refractivity contribution is 7.13. The predicted molar refractivity (Wildman–Crippen MR) is 107 cm³/mol. The van der Waals surface area contributed by atoms with Crippen molar-refractivity contribution in [2.45, 2.75) is 13.3 Å². The van der Waals surface area contributed by atoms with E-state index in [1.807, 2.05) is 47.8 Å². The van der Waals surface area contributed by atoms with E-state index in [0.717, 1.165) is 17.0 Å². The van der Waals surface area contributed by atoms with Crippen LogP contribution in [0.15, 0.2) is 47.8 Å². The third-order valence-electron chi connectivity index (χ3n) is 4.77. The predicted octanol–water partition coefficient (Wildman–Crippen LogP) is 2.69. The van der Waals surface area contributed by atoms with Gasteiger partial charge in [0.1, 0.15) is 0 Å². The van der Waals surface area contributed by atoms with Crippen LogP contribution in [0.2, 0.25) is 0 Å². The molecule has 1 aliphatic rings. The quantitative estimate of drug-likeness (QED) is 0.684. The molecule has 0 saturated carbocycles. The Morgan fingerprint density at radius 1 is 0.964 bits per heavy atom. The van der Waals surface area contributed by atoms with E-state index in [1.54, 1.807) is 32.7 Å². The van der Waals surface area contributed by atoms with Crippen molar-refractivity contribution in [1.29, 1.82) is 0 Å². The number of carbonyl (C=O) groups excluding carboxylic acids is 2. The number of hydrogen-bond acceptors (Lipinski definition) is 5. The molecular weight excluding hydrogens is 374 g/mol. The Hall–Kier alpha value is -3.00. The first-order valence-electron chi connectivity index (χ1n) is 9.24. The number of benzene rings is 1. The van der Waals surface area contributed by atoms with Crippen molar-refractivity contribution in [1.82, 2.24) is 24.6 Å². The molecule has 0 aliphatic carbocycles. The first-order valence-corrected chi connectivity index (χ1v) is 10.1. The summed E-state index contributed by atoms with van der Waals surface area (Å²) < 4.78 is 1.72. The maximum absolute atomic E-state index is 13.1. The molecule has 3 aromatic rings. The summed E-state index contributed by atoms with van der Waals surface area (Å²) in [5.41, 5.74) is 0.857. The average molecular weight is 395 g/mol. The number of rotatable bonds is 3. The van der Waals surface area contributed by atoms with Crippen molar-refractivity contribution < 1.29 is 9.59 Å². The lowest BCUT2D eigenvalue weighted by Crippen LogP contribution is -2.37. The van der Waals surface area contributed by atoms with Gasteiger partial charge in [-0.15, -0.1) is 16.4 Å². The number of carbonyl (C=O) groups is 2. The van der Waals surface area contributed by atoms with Crippen LogP contribution in [0, 0.1) is 0 Å². The fraction of sp³-hybridized carbons (Fsp3) is 0.300. The molecule has 0 radical (unpaired) electrons. The third-order valence-corrected chi connectivity index (χ3v) is 5.64. The van der Waals surface area contributed by atoms with Crippen molar-refractivity contribution >= 4 is 23.2 Å². The summed E-state index contributed by atoms with van der Waals surface area (Å²) in [6, 6.07) is 13.6. The zero-order valence-electron chi connectivity index (χ0n) is 15.6. The van der Waals surface area contributed by atoms with Crippen LogP contribution >= 0.6 is 11.3 Å². The van der Waals surface area contributed by atoms with E-state index in [9.17, 15) is 9.59 Å². The maximum atomic E-state index is 13.1. The van der Waals surface area contributed by atoms with Gasteiger partial charge in [0, 0.05) is 33.1 Å². The second-order valence-electron chi connectivity index (χ2n) is 6.64. The third kappa shape index (κ3) is 3.68. The van der Waals surface area contributed by atoms with E-state index in [1.165, 1.54) is 0 Å². The SMILES string of the molecule is CC(=O)N1CCCN(C(=O)c2nc(-c3cccs3)n(-c3ccccc3)n2)CC1. The van der Waals surface area contributed by atoms with Gasteiger partial charge in [0.25, 0.3) is 5.91 Å². The molecule has 1 aliphatic heterocycles. The van der Waals surface area contributed by atoms with E-state index >= 15 is 0 Å². The van der Waals surface area contributed by atoms with Gasteiger partial charge >= 0.3 is 0 Å². The minimum atomic E-state index is -0.196. The Kier molecular flexibility index (Phi) is 5.21. The van der Waals surface area contributed by atoms with E-state index in [2.05, 4.69) is 10.1 Å². The van der Waals surface area contributed by atoms with Crippen LogP contribution in [0.5, 0.6) is 0 Å². The first-order chi connectivity index (χ1) is 13.6. The number of aromatic nitrogens is 3. The number of para-hydroxylation sites is 1. The molecule has 7 nitrogen and oxygen atoms in total. The number of hydrogen-bond donors (Lipinski definition) is 0. The standard InChI is InChI=1S/C20H21N5O2S/c1-15(26)23-10-6-11-24(13-12-23)20(27)18-21-19(17-9-5-14-28-17)25(22-18)16-7-3-2-4-8-16/h2-5,7-9,14H,6,10-13H2,1H3. The summed E-state index contributed by atoms with van der Waals surface area (Å²) in [6.07, 6.45) is 0.752. The number of nitrogens with zero attached hydrogens (tertiary/aromatic N) is 5. The minimum Gasteiger partial charge on any atom is -0.341 e. The molecule has 1 saturated heterocycles. The van der Waals surface area contributed by atoms with E-state index < -0.39 is 0 Å². The highest BCUT2D eigenvalue weighted by Crippen LogP contribution is 2.26. The van der Waals surface area contributed by atoms with E-state index in [4.69, 9.17) is 0 Å². The molecule has 1 aromatic carbocycles. The second-order valence-corrected chi connectivity index (χ2v) is 7.58. The lowest BCUT2D eigenvalue weighted by Gasteiger charge is -2.20. The summed E-state index contributed by atoms with van der Waals surface area (Å²) in [6.45, 7) is 3.86. The van der Waals surface area contributed by atoms with E-state index in [0.29, 0.717) is 32.0 Å². The Balaban J connectivity index is 1.65. The van der Waals surface area contributed by atoms with E-state index in [-0.39, 0.29) is 17.6 Å². The molecule has 3 heterocycles. The molecule has 2 amide bonds. The van der Waals surface area contributed by atoms with Crippen molar-refractivity contribution in [3.8, 4) is 16.4 Å². The topological polar surface area (TPSA) is 71.3 Å². The molecule has 28 heavy (non-hydrogen) atoms. The molecule has 0 unspecified atom stereocenters. The molecular formula is C20H21N5O2S. The van der Waals surface area contributed by atoms with Gasteiger partial charge in [-0.05, 0) is 30.0 Å². The van der Waals surface area contributed by atoms with Crippen molar-refractivity contribution in [2.75, 3.05) is 26.2 Å². The Morgan fingerprint density at radius 2 is 1.71 bits per heavy atom. The monoisotopic (exact) mass is 395 g/mol. The van der Waals surface area contributed by atoms with Gasteiger partial charge in [-0.3, -0.25) is 9.59 Å². The summed E-state index contributed by atoms with van der Waals surface area (Å²) >= 11 is 1.56. The van der Waals surface area contributed by atoms with Crippen LogP contribution in [-0.4, -0.2) is 62.6 Å². The molecule has 2 aromatic heterocycles. The zero-order chi connectivity index (χ0) is 19.5. The Labute approximate surface area is 167 Å². The molecule has 0 spiro atoms. The highest BCUT2D eigenvalue weighted by atomic mass is 32.1. The second kappa shape index (κ2) is 7.93. The van der Waals surface area contributed by atoms with Crippen LogP contribution in [0.3, 0.4) is 0 Å². The summed E-state index contributed by atoms with van der Waals surface area (Å²) in [7, 11) is 0. The van der Waals surface area contributed by atoms with Gasteiger partial charge in [-0.1, -0.05) is 24.3 Å². The highest BCUT2D eigenvalue weighted by Gasteiger charge is 2.26. The lowest BCUT2D eigenvalue weighted by molar-refractivity contribution is -0.128. The van der Waals surface area contributed by atoms with Crippen LogP contribution in [-0.2, 0) is 4.79 Å². The van der Waals surface area contributed by atoms with Crippen LogP contribution < -0.4 is 0 Å². The fourth-order valence-electron chi connectivity index (χ4n) is 3.29. The summed E-state index contributed by atoms with van der Waals surface area (Å²) in [5, 5.41) is 6.51. The van der Waals surface area contributed by atoms with Gasteiger partial charge in [0.15, 0.2) is 5.82 Å². The molecule has 0 N–H and O–H groups in total. The fourth-order valence-corrected chi connectivity index (χ4v) is 3.99. The smallest absolute Gasteiger partial charge is 0.293 e. The molecule has 0 bridgehead atoms. The molecule has 1 fully saturated rings. The number of amides is 2. The Morgan fingerprint density at radius 3 is 2.43 bits per heavy atom. The van der Waals surface area contributed by atoms with Crippen LogP contribution in [0.25, 0.3) is 16.4 Å². The van der Waals surface area contributed by atoms with Gasteiger partial charge in [-0.25, -0.2) is 9.67 Å². The van der Waals surface area contributed by atoms with Gasteiger partial charge < -0.3 is 9.80 Å². The van der Waals surface area contributed by atoms with Gasteiger partial charge in [-0.2, -0.15) is 0 Å². The molecule has 4 rings (SSSR count). The Bertz CT molecular complexity index is 968.